The van der Waals surface area contributed by atoms with Crippen LogP contribution in [0.4, 0.5) is 0 Å². The van der Waals surface area contributed by atoms with Crippen molar-refractivity contribution in [3.05, 3.63) is 263 Å². The molecule has 0 aliphatic heterocycles. The summed E-state index contributed by atoms with van der Waals surface area (Å²) in [6.07, 6.45) is 34.1. The monoisotopic (exact) mass is 766 g/mol. The molecule has 8 rings (SSSR count). The molecule has 1 spiro atoms. The van der Waals surface area contributed by atoms with Gasteiger partial charge in [-0.25, -0.2) is 0 Å². The molecule has 2 unspecified atom stereocenters. The Hall–Kier alpha value is -6.61. The number of hydrogen-bond acceptors (Lipinski definition) is 2. The number of aliphatic imine (C=N–C) groups is 1. The van der Waals surface area contributed by atoms with E-state index in [0.29, 0.717) is 0 Å². The van der Waals surface area contributed by atoms with E-state index < -0.39 is 5.41 Å². The summed E-state index contributed by atoms with van der Waals surface area (Å²) in [6, 6.07) is 46.7. The maximum Gasteiger partial charge on any atom is 0.0855 e. The van der Waals surface area contributed by atoms with E-state index in [1.807, 2.05) is 19.2 Å². The molecular formula is C57H54N2. The zero-order valence-electron chi connectivity index (χ0n) is 34.3. The molecule has 2 atom stereocenters. The first kappa shape index (κ1) is 40.6. The Morgan fingerprint density at radius 1 is 0.729 bits per heavy atom. The average molecular weight is 767 g/mol. The van der Waals surface area contributed by atoms with Crippen LogP contribution in [0, 0.1) is 0 Å². The van der Waals surface area contributed by atoms with Gasteiger partial charge in [-0.2, -0.15) is 0 Å². The van der Waals surface area contributed by atoms with E-state index in [1.165, 1.54) is 73.8 Å². The summed E-state index contributed by atoms with van der Waals surface area (Å²) >= 11 is 0. The highest BCUT2D eigenvalue weighted by molar-refractivity contribution is 5.92. The van der Waals surface area contributed by atoms with Crippen molar-refractivity contribution in [2.45, 2.75) is 44.1 Å². The normalized spacial score (nSPS) is 21.0. The number of benzene rings is 5. The highest BCUT2D eigenvalue weighted by Gasteiger charge is 2.51. The Morgan fingerprint density at radius 3 is 2.25 bits per heavy atom. The standard InChI is InChI=1S/C56H49N.CH5N/c1-3-4-5-19-40-57-55-29-18-16-26-47-25-15-17-27-52(47)56(55)53-28-14-6-9-20-42(2)30-37-50(53)51-39-36-48(41-54(51)56)49(38-31-43-21-10-7-11-22-43)46-34-32-45(33-35-46)44-23-12-8-13-24-44;1-2/h3-15,17-25,27,29-30,32-41,55H,2,16,26,28,31H2,1H3;2H2,1H3/b4-3-,14-6-,19-5-,20-9-,29-18-,37-30-,49-38+,57-40?;. The lowest BCUT2D eigenvalue weighted by Gasteiger charge is -2.41. The van der Waals surface area contributed by atoms with Crippen LogP contribution in [-0.4, -0.2) is 19.3 Å². The van der Waals surface area contributed by atoms with E-state index in [-0.39, 0.29) is 6.04 Å². The van der Waals surface area contributed by atoms with Crippen molar-refractivity contribution in [2.75, 3.05) is 7.05 Å². The van der Waals surface area contributed by atoms with Gasteiger partial charge in [-0.3, -0.25) is 4.99 Å². The van der Waals surface area contributed by atoms with Crippen LogP contribution in [0.15, 0.2) is 229 Å². The number of nitrogens with zero attached hydrogens (tertiary/aromatic N) is 1. The Labute approximate surface area is 352 Å². The molecule has 2 heteroatoms. The molecule has 59 heavy (non-hydrogen) atoms. The number of allylic oxidation sites excluding steroid dienone is 14. The van der Waals surface area contributed by atoms with Crippen LogP contribution >= 0.6 is 0 Å². The fraction of sp³-hybridized carbons (Fsp3) is 0.140. The minimum absolute atomic E-state index is 0.180. The Kier molecular flexibility index (Phi) is 13.5. The van der Waals surface area contributed by atoms with Crippen molar-refractivity contribution in [2.24, 2.45) is 10.7 Å². The molecule has 0 bridgehead atoms. The second kappa shape index (κ2) is 19.7. The van der Waals surface area contributed by atoms with Crippen molar-refractivity contribution in [3.63, 3.8) is 0 Å². The maximum absolute atomic E-state index is 5.48. The first-order valence-electron chi connectivity index (χ1n) is 20.8. The SMILES string of the molecule is C=C1/C=C\C=C/CC2=C(/C=C\1)c1ccc(/C(=C/Cc3ccccc3)c3ccc(-c4ccccc4)cc3)cc1C21c2ccccc2CC/C=C\C1N=C/C=C\C=C/C.CN. The minimum atomic E-state index is -0.556. The minimum Gasteiger partial charge on any atom is -0.333 e. The molecule has 2 nitrogen and oxygen atoms in total. The zero-order valence-corrected chi connectivity index (χ0v) is 34.3. The van der Waals surface area contributed by atoms with Gasteiger partial charge in [0.2, 0.25) is 0 Å². The Balaban J connectivity index is 0.00000260. The second-order valence-corrected chi connectivity index (χ2v) is 14.9. The van der Waals surface area contributed by atoms with E-state index in [4.69, 9.17) is 4.99 Å². The summed E-state index contributed by atoms with van der Waals surface area (Å²) in [4.78, 5) is 5.48. The summed E-state index contributed by atoms with van der Waals surface area (Å²) in [6.45, 7) is 6.40. The van der Waals surface area contributed by atoms with Gasteiger partial charge in [0.15, 0.2) is 0 Å². The number of rotatable bonds is 8. The summed E-state index contributed by atoms with van der Waals surface area (Å²) in [5.74, 6) is 0. The molecule has 0 heterocycles. The zero-order chi connectivity index (χ0) is 40.9. The van der Waals surface area contributed by atoms with Gasteiger partial charge in [0.05, 0.1) is 11.5 Å². The van der Waals surface area contributed by atoms with Crippen molar-refractivity contribution in [1.82, 2.24) is 0 Å². The molecule has 3 aliphatic rings. The van der Waals surface area contributed by atoms with Crippen LogP contribution in [0.25, 0.3) is 22.3 Å². The molecule has 0 saturated heterocycles. The van der Waals surface area contributed by atoms with Crippen LogP contribution in [0.1, 0.15) is 58.7 Å². The molecule has 2 N–H and O–H groups in total. The molecule has 0 aromatic heterocycles. The first-order valence-corrected chi connectivity index (χ1v) is 20.8. The average Bonchev–Trinajstić information content (AvgIpc) is 3.56. The van der Waals surface area contributed by atoms with E-state index in [2.05, 4.69) is 213 Å². The molecule has 292 valence electrons. The number of nitrogens with two attached hydrogens (primary N) is 1. The third-order valence-electron chi connectivity index (χ3n) is 11.4. The summed E-state index contributed by atoms with van der Waals surface area (Å²) in [5.41, 5.74) is 20.1. The number of hydrogen-bond donors (Lipinski definition) is 1. The molecular weight excluding hydrogens is 713 g/mol. The molecule has 5 aromatic carbocycles. The number of aryl methyl sites for hydroxylation is 1. The lowest BCUT2D eigenvalue weighted by atomic mass is 9.63. The van der Waals surface area contributed by atoms with Crippen LogP contribution in [0.2, 0.25) is 0 Å². The van der Waals surface area contributed by atoms with Crippen LogP contribution in [0.3, 0.4) is 0 Å². The lowest BCUT2D eigenvalue weighted by Crippen LogP contribution is -2.41. The Bertz CT molecular complexity index is 2520. The van der Waals surface area contributed by atoms with Gasteiger partial charge in [-0.15, -0.1) is 0 Å². The van der Waals surface area contributed by atoms with Gasteiger partial charge in [0, 0.05) is 6.21 Å². The highest BCUT2D eigenvalue weighted by Crippen LogP contribution is 2.57. The third kappa shape index (κ3) is 8.79. The van der Waals surface area contributed by atoms with Gasteiger partial charge in [-0.05, 0) is 124 Å². The van der Waals surface area contributed by atoms with Crippen molar-refractivity contribution in [3.8, 4) is 11.1 Å². The van der Waals surface area contributed by atoms with Crippen LogP contribution < -0.4 is 5.73 Å². The van der Waals surface area contributed by atoms with Crippen molar-refractivity contribution < 1.29 is 0 Å². The third-order valence-corrected chi connectivity index (χ3v) is 11.4. The second-order valence-electron chi connectivity index (χ2n) is 14.9. The fourth-order valence-corrected chi connectivity index (χ4v) is 8.74. The topological polar surface area (TPSA) is 38.4 Å². The largest absolute Gasteiger partial charge is 0.333 e. The van der Waals surface area contributed by atoms with E-state index in [9.17, 15) is 0 Å². The predicted molar refractivity (Wildman–Crippen MR) is 255 cm³/mol. The van der Waals surface area contributed by atoms with Gasteiger partial charge in [0.1, 0.15) is 0 Å². The van der Waals surface area contributed by atoms with E-state index in [1.54, 1.807) is 0 Å². The van der Waals surface area contributed by atoms with Gasteiger partial charge in [-0.1, -0.05) is 201 Å². The number of fused-ring (bicyclic) bond motifs is 6. The van der Waals surface area contributed by atoms with Crippen molar-refractivity contribution >= 4 is 17.4 Å². The predicted octanol–water partition coefficient (Wildman–Crippen LogP) is 13.4. The van der Waals surface area contributed by atoms with Crippen LogP contribution in [-0.2, 0) is 18.3 Å². The summed E-state index contributed by atoms with van der Waals surface area (Å²) in [5, 5.41) is 0. The molecule has 0 saturated carbocycles. The molecule has 0 fully saturated rings. The molecule has 3 aliphatic carbocycles. The van der Waals surface area contributed by atoms with Gasteiger partial charge >= 0.3 is 0 Å². The summed E-state index contributed by atoms with van der Waals surface area (Å²) < 4.78 is 0. The maximum atomic E-state index is 5.48. The first-order chi connectivity index (χ1) is 29.2. The van der Waals surface area contributed by atoms with E-state index >= 15 is 0 Å². The van der Waals surface area contributed by atoms with Gasteiger partial charge < -0.3 is 5.73 Å². The Morgan fingerprint density at radius 2 is 1.46 bits per heavy atom. The lowest BCUT2D eigenvalue weighted by molar-refractivity contribution is 0.528. The fourth-order valence-electron chi connectivity index (χ4n) is 8.74. The highest BCUT2D eigenvalue weighted by atomic mass is 14.8. The van der Waals surface area contributed by atoms with E-state index in [0.717, 1.165) is 31.3 Å². The molecule has 5 aromatic rings. The smallest absolute Gasteiger partial charge is 0.0855 e. The molecule has 0 amide bonds. The van der Waals surface area contributed by atoms with Crippen molar-refractivity contribution in [1.29, 1.82) is 0 Å². The van der Waals surface area contributed by atoms with Gasteiger partial charge in [0.25, 0.3) is 0 Å². The summed E-state index contributed by atoms with van der Waals surface area (Å²) in [7, 11) is 1.50. The quantitative estimate of drug-likeness (QED) is 0.0953. The van der Waals surface area contributed by atoms with Crippen LogP contribution in [0.5, 0.6) is 0 Å². The molecule has 0 radical (unpaired) electrons.